The van der Waals surface area contributed by atoms with Crippen molar-refractivity contribution < 1.29 is 14.3 Å². The van der Waals surface area contributed by atoms with Crippen LogP contribution in [0, 0.1) is 11.3 Å². The van der Waals surface area contributed by atoms with Gasteiger partial charge in [-0.2, -0.15) is 10.4 Å². The van der Waals surface area contributed by atoms with E-state index in [0.717, 1.165) is 16.7 Å². The molecule has 0 saturated carbocycles. The number of Topliss-reactive ketones (excluding diaryl/α,β-unsaturated/α-hetero) is 1. The maximum Gasteiger partial charge on any atom is 0.267 e. The van der Waals surface area contributed by atoms with Crippen LogP contribution in [-0.2, 0) is 16.1 Å². The number of aromatic nitrogens is 4. The SMILES string of the molecule is CO[C@@H](C)[C@H](N)C(=O)CCCOc1cnc(-c2cccc(Cn3nc(-c4cccc(C#N)c4)ccc3=O)c2)nc1. The molecule has 4 aromatic rings. The van der Waals surface area contributed by atoms with Crippen LogP contribution in [0.1, 0.15) is 30.9 Å². The first kappa shape index (κ1) is 28.3. The quantitative estimate of drug-likeness (QED) is 0.268. The van der Waals surface area contributed by atoms with Crippen LogP contribution in [0.15, 0.2) is 77.9 Å². The van der Waals surface area contributed by atoms with Crippen LogP contribution in [0.25, 0.3) is 22.6 Å². The van der Waals surface area contributed by atoms with Crippen LogP contribution in [0.5, 0.6) is 5.75 Å². The third-order valence-electron chi connectivity index (χ3n) is 6.39. The number of ketones is 1. The van der Waals surface area contributed by atoms with Crippen molar-refractivity contribution >= 4 is 5.78 Å². The van der Waals surface area contributed by atoms with Crippen LogP contribution in [0.2, 0.25) is 0 Å². The highest BCUT2D eigenvalue weighted by atomic mass is 16.5. The predicted octanol–water partition coefficient (Wildman–Crippen LogP) is 3.38. The summed E-state index contributed by atoms with van der Waals surface area (Å²) in [5.74, 6) is 0.933. The molecule has 2 aromatic carbocycles. The van der Waals surface area contributed by atoms with E-state index in [1.165, 1.54) is 17.9 Å². The molecule has 2 aromatic heterocycles. The molecule has 0 fully saturated rings. The third-order valence-corrected chi connectivity index (χ3v) is 6.39. The van der Waals surface area contributed by atoms with Crippen molar-refractivity contribution in [3.63, 3.8) is 0 Å². The second-order valence-electron chi connectivity index (χ2n) is 9.23. The molecule has 204 valence electrons. The van der Waals surface area contributed by atoms with E-state index in [1.54, 1.807) is 43.6 Å². The summed E-state index contributed by atoms with van der Waals surface area (Å²) in [4.78, 5) is 33.5. The van der Waals surface area contributed by atoms with Crippen molar-refractivity contribution in [3.05, 3.63) is 94.5 Å². The average molecular weight is 539 g/mol. The van der Waals surface area contributed by atoms with Gasteiger partial charge >= 0.3 is 0 Å². The molecule has 0 aliphatic heterocycles. The van der Waals surface area contributed by atoms with Gasteiger partial charge in [0.05, 0.1) is 55.0 Å². The lowest BCUT2D eigenvalue weighted by Crippen LogP contribution is -2.41. The van der Waals surface area contributed by atoms with E-state index in [9.17, 15) is 14.9 Å². The Hall–Kier alpha value is -4.72. The van der Waals surface area contributed by atoms with Gasteiger partial charge in [0.25, 0.3) is 5.56 Å². The molecule has 0 aliphatic rings. The zero-order valence-electron chi connectivity index (χ0n) is 22.4. The number of nitrogens with zero attached hydrogens (tertiary/aromatic N) is 5. The van der Waals surface area contributed by atoms with E-state index in [4.69, 9.17) is 15.2 Å². The molecule has 0 spiro atoms. The molecule has 2 N–H and O–H groups in total. The van der Waals surface area contributed by atoms with Gasteiger partial charge in [0.1, 0.15) is 0 Å². The molecule has 2 atom stereocenters. The minimum absolute atomic E-state index is 0.0678. The van der Waals surface area contributed by atoms with Crippen molar-refractivity contribution in [3.8, 4) is 34.5 Å². The summed E-state index contributed by atoms with van der Waals surface area (Å²) in [5.41, 5.74) is 9.15. The first-order chi connectivity index (χ1) is 19.4. The minimum Gasteiger partial charge on any atom is -0.490 e. The molecule has 10 heteroatoms. The fourth-order valence-electron chi connectivity index (χ4n) is 4.00. The van der Waals surface area contributed by atoms with Crippen molar-refractivity contribution in [1.29, 1.82) is 5.26 Å². The second-order valence-corrected chi connectivity index (χ2v) is 9.23. The first-order valence-corrected chi connectivity index (χ1v) is 12.8. The maximum absolute atomic E-state index is 12.5. The van der Waals surface area contributed by atoms with Crippen LogP contribution >= 0.6 is 0 Å². The van der Waals surface area contributed by atoms with E-state index in [-0.39, 0.29) is 24.0 Å². The lowest BCUT2D eigenvalue weighted by Gasteiger charge is -2.17. The zero-order chi connectivity index (χ0) is 28.5. The van der Waals surface area contributed by atoms with Crippen LogP contribution in [0.3, 0.4) is 0 Å². The molecule has 2 heterocycles. The number of hydrogen-bond acceptors (Lipinski definition) is 9. The van der Waals surface area contributed by atoms with E-state index in [1.807, 2.05) is 30.3 Å². The van der Waals surface area contributed by atoms with E-state index in [2.05, 4.69) is 21.1 Å². The van der Waals surface area contributed by atoms with Gasteiger partial charge in [-0.15, -0.1) is 0 Å². The number of hydrogen-bond donors (Lipinski definition) is 1. The van der Waals surface area contributed by atoms with E-state index in [0.29, 0.717) is 42.3 Å². The van der Waals surface area contributed by atoms with Gasteiger partial charge in [-0.25, -0.2) is 14.6 Å². The number of rotatable bonds is 12. The molecular formula is C30H30N6O4. The number of carbonyl (C=O) groups is 1. The van der Waals surface area contributed by atoms with Gasteiger partial charge in [-0.3, -0.25) is 9.59 Å². The standard InChI is InChI=1S/C30H30N6O4/c1-20(39-2)29(32)27(37)10-5-13-40-25-17-33-30(34-18-25)24-9-4-7-22(15-24)19-36-28(38)12-11-26(35-36)23-8-3-6-21(14-23)16-31/h3-4,6-9,11-12,14-15,17-18,20,29H,5,10,13,19,32H2,1-2H3/t20-,29-/m0/s1. The summed E-state index contributed by atoms with van der Waals surface area (Å²) in [6.45, 7) is 2.35. The predicted molar refractivity (Wildman–Crippen MR) is 149 cm³/mol. The number of benzene rings is 2. The minimum atomic E-state index is -0.650. The number of carbonyl (C=O) groups excluding carboxylic acids is 1. The Morgan fingerprint density at radius 2 is 1.82 bits per heavy atom. The van der Waals surface area contributed by atoms with Gasteiger partial charge < -0.3 is 15.2 Å². The third kappa shape index (κ3) is 7.22. The summed E-state index contributed by atoms with van der Waals surface area (Å²) in [5, 5.41) is 13.7. The highest BCUT2D eigenvalue weighted by Crippen LogP contribution is 2.20. The Bertz CT molecular complexity index is 1560. The molecule has 0 radical (unpaired) electrons. The average Bonchev–Trinajstić information content (AvgIpc) is 3.00. The van der Waals surface area contributed by atoms with Gasteiger partial charge in [0, 0.05) is 30.7 Å². The highest BCUT2D eigenvalue weighted by Gasteiger charge is 2.19. The molecule has 0 aliphatic carbocycles. The van der Waals surface area contributed by atoms with Gasteiger partial charge in [-0.1, -0.05) is 30.3 Å². The van der Waals surface area contributed by atoms with Gasteiger partial charge in [0.15, 0.2) is 17.4 Å². The Balaban J connectivity index is 1.39. The number of nitrogens with two attached hydrogens (primary N) is 1. The summed E-state index contributed by atoms with van der Waals surface area (Å²) < 4.78 is 12.2. The highest BCUT2D eigenvalue weighted by molar-refractivity contribution is 5.84. The van der Waals surface area contributed by atoms with Crippen molar-refractivity contribution in [1.82, 2.24) is 19.7 Å². The van der Waals surface area contributed by atoms with Crippen molar-refractivity contribution in [2.24, 2.45) is 5.73 Å². The molecule has 0 saturated heterocycles. The van der Waals surface area contributed by atoms with Crippen LogP contribution in [-0.4, -0.2) is 51.4 Å². The Kier molecular flexibility index (Phi) is 9.46. The number of ether oxygens (including phenoxy) is 2. The van der Waals surface area contributed by atoms with Crippen molar-refractivity contribution in [2.45, 2.75) is 38.5 Å². The van der Waals surface area contributed by atoms with Crippen LogP contribution < -0.4 is 16.0 Å². The Morgan fingerprint density at radius 1 is 1.07 bits per heavy atom. The molecular weight excluding hydrogens is 508 g/mol. The van der Waals surface area contributed by atoms with Crippen molar-refractivity contribution in [2.75, 3.05) is 13.7 Å². The topological polar surface area (TPSA) is 146 Å². The zero-order valence-corrected chi connectivity index (χ0v) is 22.4. The lowest BCUT2D eigenvalue weighted by atomic mass is 10.0. The largest absolute Gasteiger partial charge is 0.490 e. The molecule has 10 nitrogen and oxygen atoms in total. The van der Waals surface area contributed by atoms with Gasteiger partial charge in [-0.05, 0) is 43.2 Å². The van der Waals surface area contributed by atoms with E-state index < -0.39 is 6.04 Å². The molecule has 0 unspecified atom stereocenters. The smallest absolute Gasteiger partial charge is 0.267 e. The first-order valence-electron chi connectivity index (χ1n) is 12.8. The Morgan fingerprint density at radius 3 is 2.58 bits per heavy atom. The van der Waals surface area contributed by atoms with E-state index >= 15 is 0 Å². The molecule has 0 amide bonds. The lowest BCUT2D eigenvalue weighted by molar-refractivity contribution is -0.123. The molecule has 40 heavy (non-hydrogen) atoms. The summed E-state index contributed by atoms with van der Waals surface area (Å²) >= 11 is 0. The normalized spacial score (nSPS) is 12.3. The number of methoxy groups -OCH3 is 1. The van der Waals surface area contributed by atoms with Crippen LogP contribution in [0.4, 0.5) is 0 Å². The summed E-state index contributed by atoms with van der Waals surface area (Å²) in [7, 11) is 1.53. The second kappa shape index (κ2) is 13.4. The Labute approximate surface area is 232 Å². The molecule has 0 bridgehead atoms. The fourth-order valence-corrected chi connectivity index (χ4v) is 4.00. The summed E-state index contributed by atoms with van der Waals surface area (Å²) in [6.07, 6.45) is 3.66. The fraction of sp³-hybridized carbons (Fsp3) is 0.267. The summed E-state index contributed by atoms with van der Waals surface area (Å²) in [6, 6.07) is 19.2. The maximum atomic E-state index is 12.5. The number of nitriles is 1. The van der Waals surface area contributed by atoms with Gasteiger partial charge in [0.2, 0.25) is 0 Å². The monoisotopic (exact) mass is 538 g/mol. The molecule has 4 rings (SSSR count).